The molecule has 1 N–H and O–H groups in total. The Morgan fingerprint density at radius 3 is 2.46 bits per heavy atom. The maximum atomic E-state index is 12.5. The van der Waals surface area contributed by atoms with E-state index in [1.165, 1.54) is 12.8 Å². The van der Waals surface area contributed by atoms with Gasteiger partial charge in [0.05, 0.1) is 33.0 Å². The molecule has 0 spiro atoms. The number of morpholine rings is 1. The molecule has 138 valence electrons. The number of rotatable bonds is 6. The Kier molecular flexibility index (Phi) is 5.96. The van der Waals surface area contributed by atoms with Gasteiger partial charge in [-0.15, -0.1) is 0 Å². The number of nitrogens with zero attached hydrogens (tertiary/aromatic N) is 1. The maximum absolute atomic E-state index is 12.5. The number of carbonyl (C=O) groups is 1. The second-order valence-electron chi connectivity index (χ2n) is 5.99. The topological polar surface area (TPSA) is 60.0 Å². The molecule has 0 aliphatic carbocycles. The average molecular weight is 356 g/mol. The molecule has 0 aromatic heterocycles. The molecule has 0 radical (unpaired) electrons. The Bertz CT molecular complexity index is 740. The van der Waals surface area contributed by atoms with Gasteiger partial charge in [-0.3, -0.25) is 4.79 Å². The van der Waals surface area contributed by atoms with Gasteiger partial charge in [0, 0.05) is 25.3 Å². The third kappa shape index (κ3) is 4.08. The third-order valence-corrected chi connectivity index (χ3v) is 4.41. The summed E-state index contributed by atoms with van der Waals surface area (Å²) in [7, 11) is 3.08. The predicted molar refractivity (Wildman–Crippen MR) is 100 cm³/mol. The van der Waals surface area contributed by atoms with Gasteiger partial charge in [0.1, 0.15) is 0 Å². The van der Waals surface area contributed by atoms with E-state index in [1.807, 2.05) is 12.1 Å². The number of amides is 1. The summed E-state index contributed by atoms with van der Waals surface area (Å²) < 4.78 is 15.9. The van der Waals surface area contributed by atoms with Gasteiger partial charge in [-0.05, 0) is 29.8 Å². The second-order valence-corrected chi connectivity index (χ2v) is 5.99. The van der Waals surface area contributed by atoms with Gasteiger partial charge >= 0.3 is 0 Å². The first-order valence-electron chi connectivity index (χ1n) is 8.63. The van der Waals surface area contributed by atoms with E-state index in [1.54, 1.807) is 25.3 Å². The first kappa shape index (κ1) is 18.1. The van der Waals surface area contributed by atoms with Crippen LogP contribution in [0.2, 0.25) is 0 Å². The van der Waals surface area contributed by atoms with Crippen molar-refractivity contribution < 1.29 is 19.0 Å². The zero-order chi connectivity index (χ0) is 18.4. The van der Waals surface area contributed by atoms with Crippen molar-refractivity contribution in [3.05, 3.63) is 53.6 Å². The van der Waals surface area contributed by atoms with Gasteiger partial charge < -0.3 is 24.4 Å². The van der Waals surface area contributed by atoms with Gasteiger partial charge in [-0.25, -0.2) is 0 Å². The molecule has 0 atom stereocenters. The van der Waals surface area contributed by atoms with E-state index in [-0.39, 0.29) is 5.91 Å². The lowest BCUT2D eigenvalue weighted by Crippen LogP contribution is -2.36. The molecule has 2 aromatic rings. The quantitative estimate of drug-likeness (QED) is 0.862. The Morgan fingerprint density at radius 2 is 1.81 bits per heavy atom. The molecule has 6 heteroatoms. The molecular formula is C20H24N2O4. The van der Waals surface area contributed by atoms with Crippen LogP contribution in [-0.4, -0.2) is 46.4 Å². The molecule has 6 nitrogen and oxygen atoms in total. The molecule has 1 saturated heterocycles. The molecule has 3 rings (SSSR count). The van der Waals surface area contributed by atoms with Crippen LogP contribution in [0.25, 0.3) is 0 Å². The maximum Gasteiger partial charge on any atom is 0.255 e. The van der Waals surface area contributed by atoms with Crippen LogP contribution in [0, 0.1) is 0 Å². The van der Waals surface area contributed by atoms with E-state index in [9.17, 15) is 4.79 Å². The fourth-order valence-electron chi connectivity index (χ4n) is 2.99. The number of para-hydroxylation sites is 1. The van der Waals surface area contributed by atoms with Crippen molar-refractivity contribution in [1.29, 1.82) is 0 Å². The van der Waals surface area contributed by atoms with Crippen LogP contribution < -0.4 is 19.7 Å². The van der Waals surface area contributed by atoms with Gasteiger partial charge in [0.15, 0.2) is 11.5 Å². The summed E-state index contributed by atoms with van der Waals surface area (Å²) in [6.07, 6.45) is 0. The Morgan fingerprint density at radius 1 is 1.08 bits per heavy atom. The Balaban J connectivity index is 1.63. The fourth-order valence-corrected chi connectivity index (χ4v) is 2.99. The summed E-state index contributed by atoms with van der Waals surface area (Å²) in [4.78, 5) is 14.8. The lowest BCUT2D eigenvalue weighted by atomic mass is 10.1. The van der Waals surface area contributed by atoms with Crippen LogP contribution in [0.3, 0.4) is 0 Å². The molecule has 1 heterocycles. The number of anilines is 1. The van der Waals surface area contributed by atoms with Crippen LogP contribution in [-0.2, 0) is 11.3 Å². The summed E-state index contributed by atoms with van der Waals surface area (Å²) in [6, 6.07) is 13.5. The van der Waals surface area contributed by atoms with Crippen molar-refractivity contribution in [2.24, 2.45) is 0 Å². The van der Waals surface area contributed by atoms with Crippen LogP contribution in [0.4, 0.5) is 5.69 Å². The number of carbonyl (C=O) groups excluding carboxylic acids is 1. The smallest absolute Gasteiger partial charge is 0.255 e. The van der Waals surface area contributed by atoms with Gasteiger partial charge in [0.25, 0.3) is 5.91 Å². The third-order valence-electron chi connectivity index (χ3n) is 4.41. The summed E-state index contributed by atoms with van der Waals surface area (Å²) in [5.74, 6) is 0.781. The number of hydrogen-bond acceptors (Lipinski definition) is 5. The van der Waals surface area contributed by atoms with Crippen LogP contribution in [0.5, 0.6) is 11.5 Å². The highest BCUT2D eigenvalue weighted by molar-refractivity contribution is 5.97. The molecule has 0 bridgehead atoms. The predicted octanol–water partition coefficient (Wildman–Crippen LogP) is 2.47. The van der Waals surface area contributed by atoms with Crippen molar-refractivity contribution in [3.8, 4) is 11.5 Å². The van der Waals surface area contributed by atoms with E-state index in [2.05, 4.69) is 22.3 Å². The molecule has 1 aliphatic rings. The largest absolute Gasteiger partial charge is 0.493 e. The highest BCUT2D eigenvalue weighted by Crippen LogP contribution is 2.30. The number of ether oxygens (including phenoxy) is 3. The highest BCUT2D eigenvalue weighted by atomic mass is 16.5. The van der Waals surface area contributed by atoms with E-state index in [0.29, 0.717) is 23.6 Å². The lowest BCUT2D eigenvalue weighted by molar-refractivity contribution is 0.0947. The number of methoxy groups -OCH3 is 2. The second kappa shape index (κ2) is 8.58. The minimum absolute atomic E-state index is 0.196. The number of benzene rings is 2. The summed E-state index contributed by atoms with van der Waals surface area (Å²) in [5, 5.41) is 2.93. The number of hydrogen-bond donors (Lipinski definition) is 1. The monoisotopic (exact) mass is 356 g/mol. The van der Waals surface area contributed by atoms with Crippen molar-refractivity contribution in [3.63, 3.8) is 0 Å². The van der Waals surface area contributed by atoms with Crippen molar-refractivity contribution in [2.45, 2.75) is 6.54 Å². The van der Waals surface area contributed by atoms with Crippen molar-refractivity contribution in [1.82, 2.24) is 5.32 Å². The van der Waals surface area contributed by atoms with Gasteiger partial charge in [-0.1, -0.05) is 18.2 Å². The average Bonchev–Trinajstić information content (AvgIpc) is 2.72. The van der Waals surface area contributed by atoms with E-state index in [0.717, 1.165) is 31.9 Å². The molecule has 0 saturated carbocycles. The molecule has 1 fully saturated rings. The molecule has 0 unspecified atom stereocenters. The standard InChI is InChI=1S/C20H24N2O4/c1-24-18-5-3-4-17(19(18)25-2)20(23)21-14-15-6-8-16(9-7-15)22-10-12-26-13-11-22/h3-9H,10-14H2,1-2H3,(H,21,23). The zero-order valence-electron chi connectivity index (χ0n) is 15.2. The van der Waals surface area contributed by atoms with E-state index < -0.39 is 0 Å². The Hall–Kier alpha value is -2.73. The SMILES string of the molecule is COc1cccc(C(=O)NCc2ccc(N3CCOCC3)cc2)c1OC. The van der Waals surface area contributed by atoms with Crippen molar-refractivity contribution >= 4 is 11.6 Å². The normalized spacial score (nSPS) is 14.0. The highest BCUT2D eigenvalue weighted by Gasteiger charge is 2.16. The van der Waals surface area contributed by atoms with Crippen LogP contribution in [0.1, 0.15) is 15.9 Å². The molecule has 2 aromatic carbocycles. The zero-order valence-corrected chi connectivity index (χ0v) is 15.2. The fraction of sp³-hybridized carbons (Fsp3) is 0.350. The molecule has 1 amide bonds. The van der Waals surface area contributed by atoms with Crippen molar-refractivity contribution in [2.75, 3.05) is 45.4 Å². The molecule has 1 aliphatic heterocycles. The molecule has 26 heavy (non-hydrogen) atoms. The summed E-state index contributed by atoms with van der Waals surface area (Å²) in [5.41, 5.74) is 2.67. The summed E-state index contributed by atoms with van der Waals surface area (Å²) >= 11 is 0. The lowest BCUT2D eigenvalue weighted by Gasteiger charge is -2.28. The minimum atomic E-state index is -0.196. The first-order chi connectivity index (χ1) is 12.7. The van der Waals surface area contributed by atoms with E-state index in [4.69, 9.17) is 14.2 Å². The molecular weight excluding hydrogens is 332 g/mol. The first-order valence-corrected chi connectivity index (χ1v) is 8.63. The minimum Gasteiger partial charge on any atom is -0.493 e. The van der Waals surface area contributed by atoms with Gasteiger partial charge in [-0.2, -0.15) is 0 Å². The van der Waals surface area contributed by atoms with E-state index >= 15 is 0 Å². The number of nitrogens with one attached hydrogen (secondary N) is 1. The summed E-state index contributed by atoms with van der Waals surface area (Å²) in [6.45, 7) is 3.79. The van der Waals surface area contributed by atoms with Crippen LogP contribution >= 0.6 is 0 Å². The Labute approximate surface area is 153 Å². The van der Waals surface area contributed by atoms with Gasteiger partial charge in [0.2, 0.25) is 0 Å². The van der Waals surface area contributed by atoms with Crippen LogP contribution in [0.15, 0.2) is 42.5 Å².